The molecule has 0 aromatic carbocycles. The van der Waals surface area contributed by atoms with Crippen molar-refractivity contribution < 1.29 is 9.53 Å². The summed E-state index contributed by atoms with van der Waals surface area (Å²) >= 11 is 0. The average Bonchev–Trinajstić information content (AvgIpc) is 2.80. The van der Waals surface area contributed by atoms with Crippen LogP contribution in [-0.2, 0) is 9.53 Å². The molecule has 0 saturated carbocycles. The fraction of sp³-hybridized carbons (Fsp3) is 0.571. The second-order valence-electron chi connectivity index (χ2n) is 5.31. The minimum Gasteiger partial charge on any atom is -0.380 e. The van der Waals surface area contributed by atoms with Gasteiger partial charge in [-0.05, 0) is 25.6 Å². The van der Waals surface area contributed by atoms with E-state index in [1.165, 1.54) is 0 Å². The van der Waals surface area contributed by atoms with Crippen molar-refractivity contribution in [2.24, 2.45) is 0 Å². The topological polar surface area (TPSA) is 57.7 Å². The Morgan fingerprint density at radius 3 is 2.85 bits per heavy atom. The SMILES string of the molecule is CO[C@H]1C[C@@H](C(=O)Nc2cccc(N(C)C)n2)N(C)C1. The zero-order valence-corrected chi connectivity index (χ0v) is 12.5. The van der Waals surface area contributed by atoms with E-state index in [2.05, 4.69) is 10.3 Å². The molecule has 0 spiro atoms. The van der Waals surface area contributed by atoms with Crippen LogP contribution < -0.4 is 10.2 Å². The standard InChI is InChI=1S/C14H22N4O2/c1-17(2)13-7-5-6-12(15-13)16-14(19)11-8-10(20-4)9-18(11)3/h5-7,10-11H,8-9H2,1-4H3,(H,15,16,19)/t10-,11-/m0/s1. The number of ether oxygens (including phenoxy) is 1. The molecule has 0 radical (unpaired) electrons. The first kappa shape index (κ1) is 14.7. The number of likely N-dealkylation sites (N-methyl/N-ethyl adjacent to an activating group) is 1. The number of carbonyl (C=O) groups is 1. The van der Waals surface area contributed by atoms with Crippen LogP contribution in [0.1, 0.15) is 6.42 Å². The molecule has 20 heavy (non-hydrogen) atoms. The molecule has 2 heterocycles. The quantitative estimate of drug-likeness (QED) is 0.883. The Morgan fingerprint density at radius 2 is 2.25 bits per heavy atom. The third-order valence-electron chi connectivity index (χ3n) is 3.59. The number of methoxy groups -OCH3 is 1. The third kappa shape index (κ3) is 3.26. The molecule has 6 nitrogen and oxygen atoms in total. The van der Waals surface area contributed by atoms with E-state index in [1.54, 1.807) is 13.2 Å². The summed E-state index contributed by atoms with van der Waals surface area (Å²) in [6.07, 6.45) is 0.837. The number of rotatable bonds is 4. The maximum atomic E-state index is 12.3. The van der Waals surface area contributed by atoms with Crippen LogP contribution >= 0.6 is 0 Å². The Labute approximate surface area is 119 Å². The van der Waals surface area contributed by atoms with Crippen molar-refractivity contribution in [2.75, 3.05) is 45.0 Å². The van der Waals surface area contributed by atoms with Crippen LogP contribution in [0.15, 0.2) is 18.2 Å². The van der Waals surface area contributed by atoms with Crippen molar-refractivity contribution >= 4 is 17.5 Å². The highest BCUT2D eigenvalue weighted by atomic mass is 16.5. The van der Waals surface area contributed by atoms with Crippen LogP contribution in [0.4, 0.5) is 11.6 Å². The predicted molar refractivity (Wildman–Crippen MR) is 79.0 cm³/mol. The van der Waals surface area contributed by atoms with E-state index in [9.17, 15) is 4.79 Å². The number of carbonyl (C=O) groups excluding carboxylic acids is 1. The number of likely N-dealkylation sites (tertiary alicyclic amines) is 1. The van der Waals surface area contributed by atoms with Crippen molar-refractivity contribution in [1.29, 1.82) is 0 Å². The summed E-state index contributed by atoms with van der Waals surface area (Å²) in [6, 6.07) is 5.42. The van der Waals surface area contributed by atoms with Crippen molar-refractivity contribution in [2.45, 2.75) is 18.6 Å². The van der Waals surface area contributed by atoms with Gasteiger partial charge in [0.05, 0.1) is 12.1 Å². The first-order valence-corrected chi connectivity index (χ1v) is 6.69. The number of amides is 1. The van der Waals surface area contributed by atoms with Gasteiger partial charge in [-0.15, -0.1) is 0 Å². The van der Waals surface area contributed by atoms with E-state index in [-0.39, 0.29) is 18.1 Å². The number of nitrogens with one attached hydrogen (secondary N) is 1. The van der Waals surface area contributed by atoms with E-state index in [4.69, 9.17) is 4.74 Å². The molecule has 1 aromatic rings. The first-order chi connectivity index (χ1) is 9.51. The Bertz CT molecular complexity index is 478. The number of aromatic nitrogens is 1. The Morgan fingerprint density at radius 1 is 1.50 bits per heavy atom. The maximum absolute atomic E-state index is 12.3. The smallest absolute Gasteiger partial charge is 0.242 e. The van der Waals surface area contributed by atoms with Gasteiger partial charge in [0.25, 0.3) is 0 Å². The van der Waals surface area contributed by atoms with Crippen LogP contribution in [-0.4, -0.2) is 62.7 Å². The molecule has 1 aliphatic heterocycles. The highest BCUT2D eigenvalue weighted by Gasteiger charge is 2.34. The lowest BCUT2D eigenvalue weighted by atomic mass is 10.2. The van der Waals surface area contributed by atoms with Crippen LogP contribution in [0.25, 0.3) is 0 Å². The van der Waals surface area contributed by atoms with E-state index >= 15 is 0 Å². The molecule has 2 atom stereocenters. The molecular formula is C14H22N4O2. The monoisotopic (exact) mass is 278 g/mol. The van der Waals surface area contributed by atoms with Gasteiger partial charge >= 0.3 is 0 Å². The summed E-state index contributed by atoms with van der Waals surface area (Å²) in [7, 11) is 7.46. The van der Waals surface area contributed by atoms with Crippen LogP contribution in [0, 0.1) is 0 Å². The molecule has 1 amide bonds. The third-order valence-corrected chi connectivity index (χ3v) is 3.59. The molecule has 0 bridgehead atoms. The van der Waals surface area contributed by atoms with E-state index in [0.29, 0.717) is 12.2 Å². The maximum Gasteiger partial charge on any atom is 0.242 e. The number of anilines is 2. The Kier molecular flexibility index (Phi) is 4.57. The molecule has 1 fully saturated rings. The summed E-state index contributed by atoms with van der Waals surface area (Å²) < 4.78 is 5.32. The average molecular weight is 278 g/mol. The van der Waals surface area contributed by atoms with Gasteiger partial charge < -0.3 is 15.0 Å². The number of hydrogen-bond acceptors (Lipinski definition) is 5. The molecule has 1 N–H and O–H groups in total. The molecule has 0 aliphatic carbocycles. The zero-order chi connectivity index (χ0) is 14.7. The summed E-state index contributed by atoms with van der Waals surface area (Å²) in [4.78, 5) is 20.6. The molecule has 0 unspecified atom stereocenters. The van der Waals surface area contributed by atoms with Gasteiger partial charge in [0, 0.05) is 27.7 Å². The highest BCUT2D eigenvalue weighted by molar-refractivity contribution is 5.94. The molecular weight excluding hydrogens is 256 g/mol. The van der Waals surface area contributed by atoms with Crippen LogP contribution in [0.2, 0.25) is 0 Å². The van der Waals surface area contributed by atoms with Gasteiger partial charge in [0.15, 0.2) is 0 Å². The van der Waals surface area contributed by atoms with Gasteiger partial charge in [0.1, 0.15) is 11.6 Å². The second-order valence-corrected chi connectivity index (χ2v) is 5.31. The summed E-state index contributed by atoms with van der Waals surface area (Å²) in [6.45, 7) is 0.778. The largest absolute Gasteiger partial charge is 0.380 e. The number of nitrogens with zero attached hydrogens (tertiary/aromatic N) is 3. The van der Waals surface area contributed by atoms with Gasteiger partial charge in [-0.2, -0.15) is 0 Å². The molecule has 1 aliphatic rings. The molecule has 1 saturated heterocycles. The van der Waals surface area contributed by atoms with Gasteiger partial charge in [-0.1, -0.05) is 6.07 Å². The minimum atomic E-state index is -0.162. The summed E-state index contributed by atoms with van der Waals surface area (Å²) in [5.41, 5.74) is 0. The number of pyridine rings is 1. The van der Waals surface area contributed by atoms with Crippen molar-refractivity contribution in [3.63, 3.8) is 0 Å². The summed E-state index contributed by atoms with van der Waals surface area (Å²) in [5.74, 6) is 1.36. The van der Waals surface area contributed by atoms with E-state index in [1.807, 2.05) is 43.1 Å². The van der Waals surface area contributed by atoms with Crippen LogP contribution in [0.5, 0.6) is 0 Å². The van der Waals surface area contributed by atoms with Gasteiger partial charge in [0.2, 0.25) is 5.91 Å². The lowest BCUT2D eigenvalue weighted by Crippen LogP contribution is -2.37. The Hall–Kier alpha value is -1.66. The lowest BCUT2D eigenvalue weighted by molar-refractivity contribution is -0.120. The van der Waals surface area contributed by atoms with E-state index < -0.39 is 0 Å². The van der Waals surface area contributed by atoms with E-state index in [0.717, 1.165) is 12.4 Å². The minimum absolute atomic E-state index is 0.0320. The van der Waals surface area contributed by atoms with Crippen molar-refractivity contribution in [3.8, 4) is 0 Å². The molecule has 1 aromatic heterocycles. The van der Waals surface area contributed by atoms with Crippen molar-refractivity contribution in [1.82, 2.24) is 9.88 Å². The fourth-order valence-electron chi connectivity index (χ4n) is 2.38. The van der Waals surface area contributed by atoms with Gasteiger partial charge in [-0.3, -0.25) is 9.69 Å². The van der Waals surface area contributed by atoms with Crippen molar-refractivity contribution in [3.05, 3.63) is 18.2 Å². The second kappa shape index (κ2) is 6.19. The number of hydrogen-bond donors (Lipinski definition) is 1. The molecule has 110 valence electrons. The molecule has 2 rings (SSSR count). The highest BCUT2D eigenvalue weighted by Crippen LogP contribution is 2.20. The van der Waals surface area contributed by atoms with Gasteiger partial charge in [-0.25, -0.2) is 4.98 Å². The fourth-order valence-corrected chi connectivity index (χ4v) is 2.38. The lowest BCUT2D eigenvalue weighted by Gasteiger charge is -2.18. The Balaban J connectivity index is 2.03. The predicted octanol–water partition coefficient (Wildman–Crippen LogP) is 0.805. The molecule has 6 heteroatoms. The van der Waals surface area contributed by atoms with Crippen LogP contribution in [0.3, 0.4) is 0 Å². The first-order valence-electron chi connectivity index (χ1n) is 6.69. The summed E-state index contributed by atoms with van der Waals surface area (Å²) in [5, 5.41) is 2.88. The normalized spacial score (nSPS) is 22.8. The zero-order valence-electron chi connectivity index (χ0n) is 12.5.